The Morgan fingerprint density at radius 1 is 1.27 bits per heavy atom. The third-order valence-corrected chi connectivity index (χ3v) is 5.63. The number of ether oxygens (including phenoxy) is 1. The molecule has 0 aromatic carbocycles. The van der Waals surface area contributed by atoms with Crippen LogP contribution in [0.4, 0.5) is 0 Å². The van der Waals surface area contributed by atoms with E-state index in [1.165, 1.54) is 0 Å². The van der Waals surface area contributed by atoms with Gasteiger partial charge in [0.15, 0.2) is 0 Å². The lowest BCUT2D eigenvalue weighted by Gasteiger charge is -2.30. The minimum Gasteiger partial charge on any atom is -0.378 e. The third kappa shape index (κ3) is 2.68. The quantitative estimate of drug-likeness (QED) is 0.553. The van der Waals surface area contributed by atoms with E-state index in [4.69, 9.17) is 9.72 Å². The van der Waals surface area contributed by atoms with Crippen molar-refractivity contribution in [3.63, 3.8) is 0 Å². The average molecular weight is 365 g/mol. The lowest BCUT2D eigenvalue weighted by molar-refractivity contribution is 0.00630. The van der Waals surface area contributed by atoms with E-state index < -0.39 is 0 Å². The first-order chi connectivity index (χ1) is 12.8. The van der Waals surface area contributed by atoms with Gasteiger partial charge in [0.05, 0.1) is 34.5 Å². The molecule has 0 saturated carbocycles. The van der Waals surface area contributed by atoms with Gasteiger partial charge in [-0.2, -0.15) is 0 Å². The second-order valence-electron chi connectivity index (χ2n) is 6.78. The molecule has 0 radical (unpaired) electrons. The van der Waals surface area contributed by atoms with Crippen LogP contribution in [0.1, 0.15) is 37.3 Å². The molecule has 5 heterocycles. The number of pyridine rings is 2. The maximum atomic E-state index is 5.78. The fourth-order valence-corrected chi connectivity index (χ4v) is 4.41. The van der Waals surface area contributed by atoms with Crippen molar-refractivity contribution in [2.24, 2.45) is 0 Å². The van der Waals surface area contributed by atoms with Crippen LogP contribution < -0.4 is 0 Å². The van der Waals surface area contributed by atoms with Crippen molar-refractivity contribution < 1.29 is 4.74 Å². The molecule has 1 aliphatic rings. The van der Waals surface area contributed by atoms with Crippen molar-refractivity contribution in [2.75, 3.05) is 6.61 Å². The molecule has 2 atom stereocenters. The smallest absolute Gasteiger partial charge is 0.116 e. The summed E-state index contributed by atoms with van der Waals surface area (Å²) in [4.78, 5) is 18.5. The Balaban J connectivity index is 1.74. The van der Waals surface area contributed by atoms with Crippen LogP contribution in [0, 0.1) is 0 Å². The molecule has 1 aliphatic heterocycles. The average Bonchev–Trinajstić information content (AvgIpc) is 3.29. The number of nitrogens with zero attached hydrogens (tertiary/aromatic N) is 5. The molecule has 6 nitrogen and oxygen atoms in total. The van der Waals surface area contributed by atoms with E-state index in [1.807, 2.05) is 30.0 Å². The molecule has 26 heavy (non-hydrogen) atoms. The van der Waals surface area contributed by atoms with Crippen molar-refractivity contribution in [2.45, 2.75) is 38.3 Å². The topological polar surface area (TPSA) is 65.7 Å². The fraction of sp³-hybridized carbons (Fsp3) is 0.368. The van der Waals surface area contributed by atoms with Gasteiger partial charge in [0.25, 0.3) is 0 Å². The van der Waals surface area contributed by atoms with E-state index in [-0.39, 0.29) is 6.10 Å². The summed E-state index contributed by atoms with van der Waals surface area (Å²) in [7, 11) is 0. The van der Waals surface area contributed by atoms with Crippen LogP contribution in [0.3, 0.4) is 0 Å². The third-order valence-electron chi connectivity index (χ3n) is 4.99. The normalized spacial score (nSPS) is 20.8. The summed E-state index contributed by atoms with van der Waals surface area (Å²) >= 11 is 1.62. The molecule has 0 bridgehead atoms. The summed E-state index contributed by atoms with van der Waals surface area (Å²) < 4.78 is 8.16. The molecule has 1 fully saturated rings. The number of fused-ring (bicyclic) bond motifs is 3. The van der Waals surface area contributed by atoms with Crippen LogP contribution in [0.2, 0.25) is 0 Å². The van der Waals surface area contributed by atoms with Crippen LogP contribution >= 0.6 is 11.3 Å². The SMILES string of the molecule is C[C@H]1C[C@@H](n2c(Cc3cscn3)nc3cnc4cccnc4c32)CCO1. The summed E-state index contributed by atoms with van der Waals surface area (Å²) in [6, 6.07) is 4.28. The summed E-state index contributed by atoms with van der Waals surface area (Å²) in [6.45, 7) is 2.92. The van der Waals surface area contributed by atoms with Crippen LogP contribution in [-0.2, 0) is 11.2 Å². The van der Waals surface area contributed by atoms with E-state index in [1.54, 1.807) is 11.3 Å². The zero-order valence-electron chi connectivity index (χ0n) is 14.5. The molecule has 0 unspecified atom stereocenters. The minimum atomic E-state index is 0.249. The predicted octanol–water partition coefficient (Wildman–Crippen LogP) is 3.77. The summed E-state index contributed by atoms with van der Waals surface area (Å²) in [5, 5.41) is 2.09. The maximum Gasteiger partial charge on any atom is 0.116 e. The van der Waals surface area contributed by atoms with Crippen LogP contribution in [0.5, 0.6) is 0 Å². The van der Waals surface area contributed by atoms with Crippen molar-refractivity contribution >= 4 is 33.4 Å². The molecule has 132 valence electrons. The van der Waals surface area contributed by atoms with Crippen LogP contribution in [0.15, 0.2) is 35.4 Å². The van der Waals surface area contributed by atoms with E-state index in [2.05, 4.69) is 31.8 Å². The second kappa shape index (κ2) is 6.41. The zero-order valence-corrected chi connectivity index (χ0v) is 15.3. The number of thiazole rings is 1. The van der Waals surface area contributed by atoms with Gasteiger partial charge >= 0.3 is 0 Å². The van der Waals surface area contributed by atoms with Gasteiger partial charge in [-0.3, -0.25) is 9.97 Å². The maximum absolute atomic E-state index is 5.78. The molecule has 4 aromatic heterocycles. The molecular formula is C19H19N5OS. The molecule has 7 heteroatoms. The number of hydrogen-bond donors (Lipinski definition) is 0. The van der Waals surface area contributed by atoms with Gasteiger partial charge in [-0.25, -0.2) is 9.97 Å². The van der Waals surface area contributed by atoms with Gasteiger partial charge < -0.3 is 9.30 Å². The van der Waals surface area contributed by atoms with Crippen LogP contribution in [0.25, 0.3) is 22.1 Å². The Bertz CT molecular complexity index is 1060. The van der Waals surface area contributed by atoms with Crippen molar-refractivity contribution in [3.05, 3.63) is 46.9 Å². The van der Waals surface area contributed by atoms with Crippen molar-refractivity contribution in [1.82, 2.24) is 24.5 Å². The number of rotatable bonds is 3. The molecule has 4 aromatic rings. The standard InChI is InChI=1S/C19H19N5OS/c1-12-7-14(4-6-25-12)24-17(8-13-10-26-11-22-13)23-16-9-21-15-3-2-5-20-18(15)19(16)24/h2-3,5,9-12,14H,4,6-8H2,1H3/t12-,14-/m0/s1. The molecule has 0 amide bonds. The van der Waals surface area contributed by atoms with E-state index in [0.29, 0.717) is 6.04 Å². The number of hydrogen-bond acceptors (Lipinski definition) is 6. The highest BCUT2D eigenvalue weighted by atomic mass is 32.1. The summed E-state index contributed by atoms with van der Waals surface area (Å²) in [6.07, 6.45) is 6.62. The Labute approximate surface area is 154 Å². The molecule has 0 spiro atoms. The second-order valence-corrected chi connectivity index (χ2v) is 7.50. The lowest BCUT2D eigenvalue weighted by Crippen LogP contribution is -2.26. The molecule has 0 N–H and O–H groups in total. The highest BCUT2D eigenvalue weighted by molar-refractivity contribution is 7.07. The highest BCUT2D eigenvalue weighted by Crippen LogP contribution is 2.33. The molecule has 1 saturated heterocycles. The molecule has 5 rings (SSSR count). The highest BCUT2D eigenvalue weighted by Gasteiger charge is 2.26. The molecular weight excluding hydrogens is 346 g/mol. The van der Waals surface area contributed by atoms with E-state index >= 15 is 0 Å². The molecule has 0 aliphatic carbocycles. The van der Waals surface area contributed by atoms with Crippen LogP contribution in [-0.4, -0.2) is 37.2 Å². The Hall–Kier alpha value is -2.38. The lowest BCUT2D eigenvalue weighted by atomic mass is 10.0. The van der Waals surface area contributed by atoms with E-state index in [9.17, 15) is 0 Å². The fourth-order valence-electron chi connectivity index (χ4n) is 3.85. The number of imidazole rings is 1. The number of aromatic nitrogens is 5. The Morgan fingerprint density at radius 2 is 2.23 bits per heavy atom. The first kappa shape index (κ1) is 15.8. The van der Waals surface area contributed by atoms with Crippen molar-refractivity contribution in [1.29, 1.82) is 0 Å². The van der Waals surface area contributed by atoms with Gasteiger partial charge in [0.2, 0.25) is 0 Å². The van der Waals surface area contributed by atoms with Crippen molar-refractivity contribution in [3.8, 4) is 0 Å². The van der Waals surface area contributed by atoms with Gasteiger partial charge in [0.1, 0.15) is 16.9 Å². The first-order valence-corrected chi connectivity index (χ1v) is 9.83. The van der Waals surface area contributed by atoms with Gasteiger partial charge in [-0.15, -0.1) is 11.3 Å². The first-order valence-electron chi connectivity index (χ1n) is 8.89. The summed E-state index contributed by atoms with van der Waals surface area (Å²) in [5.74, 6) is 1.03. The summed E-state index contributed by atoms with van der Waals surface area (Å²) in [5.41, 5.74) is 6.73. The van der Waals surface area contributed by atoms with Gasteiger partial charge in [-0.05, 0) is 31.9 Å². The Kier molecular flexibility index (Phi) is 3.90. The zero-order chi connectivity index (χ0) is 17.5. The minimum absolute atomic E-state index is 0.249. The van der Waals surface area contributed by atoms with Gasteiger partial charge in [0, 0.05) is 30.6 Å². The predicted molar refractivity (Wildman–Crippen MR) is 101 cm³/mol. The Morgan fingerprint density at radius 3 is 3.08 bits per heavy atom. The monoisotopic (exact) mass is 365 g/mol. The largest absolute Gasteiger partial charge is 0.378 e. The van der Waals surface area contributed by atoms with E-state index in [0.717, 1.165) is 59.5 Å². The van der Waals surface area contributed by atoms with Gasteiger partial charge in [-0.1, -0.05) is 0 Å².